The van der Waals surface area contributed by atoms with Gasteiger partial charge in [0.2, 0.25) is 20.0 Å². The molecule has 2 N–H and O–H groups in total. The standard InChI is InChI=1S/C11H22N2O7S2/c1-9(2)11(15)20-8-10(14)7-13(22(4,18)19)6-5-12-21(3,16)17/h10,12,14H,1,5-8H2,2-4H3. The van der Waals surface area contributed by atoms with E-state index in [1.54, 1.807) is 0 Å². The summed E-state index contributed by atoms with van der Waals surface area (Å²) in [5, 5.41) is 9.72. The van der Waals surface area contributed by atoms with E-state index < -0.39 is 38.7 Å². The van der Waals surface area contributed by atoms with Crippen molar-refractivity contribution in [1.29, 1.82) is 0 Å². The number of hydrogen-bond acceptors (Lipinski definition) is 7. The van der Waals surface area contributed by atoms with Gasteiger partial charge in [0.05, 0.1) is 12.5 Å². The molecule has 0 fully saturated rings. The van der Waals surface area contributed by atoms with Crippen molar-refractivity contribution in [3.05, 3.63) is 12.2 Å². The van der Waals surface area contributed by atoms with Gasteiger partial charge >= 0.3 is 5.97 Å². The average Bonchev–Trinajstić information content (AvgIpc) is 2.31. The van der Waals surface area contributed by atoms with E-state index in [9.17, 15) is 26.7 Å². The molecular weight excluding hydrogens is 336 g/mol. The summed E-state index contributed by atoms with van der Waals surface area (Å²) in [6, 6.07) is 0. The monoisotopic (exact) mass is 358 g/mol. The highest BCUT2D eigenvalue weighted by atomic mass is 32.2. The Balaban J connectivity index is 4.54. The zero-order valence-electron chi connectivity index (χ0n) is 12.8. The molecule has 0 amide bonds. The third kappa shape index (κ3) is 9.84. The summed E-state index contributed by atoms with van der Waals surface area (Å²) in [6.07, 6.45) is 0.639. The lowest BCUT2D eigenvalue weighted by atomic mass is 10.3. The maximum Gasteiger partial charge on any atom is 0.333 e. The molecule has 0 aromatic rings. The van der Waals surface area contributed by atoms with Crippen molar-refractivity contribution < 1.29 is 31.5 Å². The van der Waals surface area contributed by atoms with Gasteiger partial charge < -0.3 is 9.84 Å². The number of nitrogens with zero attached hydrogens (tertiary/aromatic N) is 1. The molecule has 1 unspecified atom stereocenters. The van der Waals surface area contributed by atoms with Crippen LogP contribution in [0.3, 0.4) is 0 Å². The van der Waals surface area contributed by atoms with Gasteiger partial charge in [0.15, 0.2) is 0 Å². The Kier molecular flexibility index (Phi) is 8.18. The first-order valence-corrected chi connectivity index (χ1v) is 9.97. The quantitative estimate of drug-likeness (QED) is 0.351. The topological polar surface area (TPSA) is 130 Å². The molecule has 11 heteroatoms. The van der Waals surface area contributed by atoms with Crippen molar-refractivity contribution in [2.24, 2.45) is 0 Å². The van der Waals surface area contributed by atoms with Crippen LogP contribution in [0, 0.1) is 0 Å². The lowest BCUT2D eigenvalue weighted by Gasteiger charge is -2.22. The number of rotatable bonds is 10. The molecule has 0 heterocycles. The highest BCUT2D eigenvalue weighted by molar-refractivity contribution is 7.88. The van der Waals surface area contributed by atoms with Gasteiger partial charge in [0.25, 0.3) is 0 Å². The van der Waals surface area contributed by atoms with Crippen molar-refractivity contribution in [1.82, 2.24) is 9.03 Å². The molecule has 0 bridgehead atoms. The minimum absolute atomic E-state index is 0.135. The summed E-state index contributed by atoms with van der Waals surface area (Å²) in [7, 11) is -7.09. The van der Waals surface area contributed by atoms with E-state index >= 15 is 0 Å². The van der Waals surface area contributed by atoms with E-state index in [-0.39, 0.29) is 25.2 Å². The van der Waals surface area contributed by atoms with E-state index in [0.717, 1.165) is 16.8 Å². The molecule has 0 radical (unpaired) electrons. The van der Waals surface area contributed by atoms with Gasteiger partial charge in [-0.25, -0.2) is 26.4 Å². The summed E-state index contributed by atoms with van der Waals surface area (Å²) >= 11 is 0. The van der Waals surface area contributed by atoms with E-state index in [1.807, 2.05) is 0 Å². The number of sulfonamides is 2. The molecule has 0 aliphatic heterocycles. The van der Waals surface area contributed by atoms with Crippen molar-refractivity contribution in [2.45, 2.75) is 13.0 Å². The molecule has 22 heavy (non-hydrogen) atoms. The Morgan fingerprint density at radius 3 is 2.27 bits per heavy atom. The molecule has 0 saturated heterocycles. The summed E-state index contributed by atoms with van der Waals surface area (Å²) in [5.41, 5.74) is 0.157. The van der Waals surface area contributed by atoms with Crippen molar-refractivity contribution in [3.63, 3.8) is 0 Å². The van der Waals surface area contributed by atoms with Gasteiger partial charge in [0, 0.05) is 25.2 Å². The summed E-state index contributed by atoms with van der Waals surface area (Å²) < 4.78 is 52.8. The van der Waals surface area contributed by atoms with Crippen LogP contribution in [0.4, 0.5) is 0 Å². The predicted molar refractivity (Wildman–Crippen MR) is 81.0 cm³/mol. The van der Waals surface area contributed by atoms with Crippen LogP contribution in [0.5, 0.6) is 0 Å². The lowest BCUT2D eigenvalue weighted by Crippen LogP contribution is -2.43. The van der Waals surface area contributed by atoms with Gasteiger partial charge in [-0.2, -0.15) is 4.31 Å². The van der Waals surface area contributed by atoms with E-state index in [1.165, 1.54) is 6.92 Å². The lowest BCUT2D eigenvalue weighted by molar-refractivity contribution is -0.142. The second-order valence-electron chi connectivity index (χ2n) is 4.82. The first-order valence-electron chi connectivity index (χ1n) is 6.23. The van der Waals surface area contributed by atoms with Gasteiger partial charge in [-0.1, -0.05) is 6.58 Å². The second-order valence-corrected chi connectivity index (χ2v) is 8.64. The van der Waals surface area contributed by atoms with E-state index in [0.29, 0.717) is 0 Å². The fraction of sp³-hybridized carbons (Fsp3) is 0.727. The van der Waals surface area contributed by atoms with Crippen LogP contribution in [0.25, 0.3) is 0 Å². The maximum atomic E-state index is 11.6. The molecule has 9 nitrogen and oxygen atoms in total. The molecule has 0 saturated carbocycles. The van der Waals surface area contributed by atoms with Crippen molar-refractivity contribution in [3.8, 4) is 0 Å². The van der Waals surface area contributed by atoms with E-state index in [2.05, 4.69) is 11.3 Å². The minimum atomic E-state index is -3.65. The molecule has 0 aliphatic carbocycles. The number of nitrogens with one attached hydrogen (secondary N) is 1. The Labute approximate surface area is 131 Å². The first kappa shape index (κ1) is 21.0. The summed E-state index contributed by atoms with van der Waals surface area (Å²) in [5.74, 6) is -0.691. The van der Waals surface area contributed by atoms with Crippen LogP contribution >= 0.6 is 0 Å². The fourth-order valence-electron chi connectivity index (χ4n) is 1.33. The Hall–Kier alpha value is -1.01. The van der Waals surface area contributed by atoms with Crippen molar-refractivity contribution in [2.75, 3.05) is 38.8 Å². The Morgan fingerprint density at radius 1 is 1.32 bits per heavy atom. The van der Waals surface area contributed by atoms with Gasteiger partial charge in [-0.3, -0.25) is 0 Å². The molecular formula is C11H22N2O7S2. The smallest absolute Gasteiger partial charge is 0.333 e. The van der Waals surface area contributed by atoms with Crippen LogP contribution in [-0.2, 0) is 29.6 Å². The second kappa shape index (κ2) is 8.58. The molecule has 130 valence electrons. The van der Waals surface area contributed by atoms with Gasteiger partial charge in [-0.05, 0) is 6.92 Å². The minimum Gasteiger partial charge on any atom is -0.460 e. The Morgan fingerprint density at radius 2 is 1.86 bits per heavy atom. The Bertz CT molecular complexity index is 598. The molecule has 0 aromatic heterocycles. The number of carbonyl (C=O) groups excluding carboxylic acids is 1. The summed E-state index contributed by atoms with van der Waals surface area (Å²) in [4.78, 5) is 11.2. The third-order valence-corrected chi connectivity index (χ3v) is 4.36. The first-order chi connectivity index (χ1) is 9.83. The normalized spacial score (nSPS) is 13.9. The van der Waals surface area contributed by atoms with Gasteiger partial charge in [0.1, 0.15) is 12.7 Å². The van der Waals surface area contributed by atoms with Crippen LogP contribution in [0.15, 0.2) is 12.2 Å². The number of esters is 1. The number of ether oxygens (including phenoxy) is 1. The SMILES string of the molecule is C=C(C)C(=O)OCC(O)CN(CCNS(C)(=O)=O)S(C)(=O)=O. The van der Waals surface area contributed by atoms with Crippen LogP contribution in [0.1, 0.15) is 6.92 Å². The van der Waals surface area contributed by atoms with Crippen LogP contribution < -0.4 is 4.72 Å². The predicted octanol–water partition coefficient (Wildman–Crippen LogP) is -1.72. The summed E-state index contributed by atoms with van der Waals surface area (Å²) in [6.45, 7) is 3.80. The zero-order valence-corrected chi connectivity index (χ0v) is 14.4. The highest BCUT2D eigenvalue weighted by Crippen LogP contribution is 2.02. The molecule has 0 aromatic carbocycles. The molecule has 0 spiro atoms. The number of carbonyl (C=O) groups is 1. The fourth-order valence-corrected chi connectivity index (χ4v) is 2.66. The largest absolute Gasteiger partial charge is 0.460 e. The third-order valence-electron chi connectivity index (χ3n) is 2.36. The zero-order chi connectivity index (χ0) is 17.6. The highest BCUT2D eigenvalue weighted by Gasteiger charge is 2.21. The average molecular weight is 358 g/mol. The van der Waals surface area contributed by atoms with Crippen LogP contribution in [0.2, 0.25) is 0 Å². The molecule has 0 rings (SSSR count). The number of hydrogen-bond donors (Lipinski definition) is 2. The molecule has 0 aliphatic rings. The van der Waals surface area contributed by atoms with Crippen LogP contribution in [-0.4, -0.2) is 77.1 Å². The number of aliphatic hydroxyl groups excluding tert-OH is 1. The number of aliphatic hydroxyl groups is 1. The molecule has 1 atom stereocenters. The van der Waals surface area contributed by atoms with Crippen molar-refractivity contribution >= 4 is 26.0 Å². The maximum absolute atomic E-state index is 11.6. The van der Waals surface area contributed by atoms with E-state index in [4.69, 9.17) is 4.74 Å². The van der Waals surface area contributed by atoms with Gasteiger partial charge in [-0.15, -0.1) is 0 Å².